The molecule has 1 aromatic heterocycles. The zero-order chi connectivity index (χ0) is 14.4. The lowest BCUT2D eigenvalue weighted by Crippen LogP contribution is -2.44. The predicted molar refractivity (Wildman–Crippen MR) is 70.6 cm³/mol. The number of halogens is 2. The van der Waals surface area contributed by atoms with Crippen LogP contribution in [0.3, 0.4) is 0 Å². The Morgan fingerprint density at radius 3 is 2.76 bits per heavy atom. The summed E-state index contributed by atoms with van der Waals surface area (Å²) in [5.74, 6) is 1.41. The molecule has 4 nitrogen and oxygen atoms in total. The zero-order valence-electron chi connectivity index (χ0n) is 11.4. The fourth-order valence-electron chi connectivity index (χ4n) is 2.68. The Balaban J connectivity index is 1.37. The Labute approximate surface area is 120 Å². The van der Waals surface area contributed by atoms with Crippen LogP contribution in [0, 0.1) is 11.6 Å². The van der Waals surface area contributed by atoms with Gasteiger partial charge < -0.3 is 4.52 Å². The molecule has 2 heterocycles. The van der Waals surface area contributed by atoms with E-state index in [1.54, 1.807) is 0 Å². The number of rotatable bonds is 4. The Bertz CT molecular complexity index is 663. The molecule has 1 aliphatic heterocycles. The van der Waals surface area contributed by atoms with Gasteiger partial charge in [-0.15, -0.1) is 0 Å². The zero-order valence-corrected chi connectivity index (χ0v) is 11.4. The highest BCUT2D eigenvalue weighted by Gasteiger charge is 2.35. The van der Waals surface area contributed by atoms with Crippen molar-refractivity contribution in [1.82, 2.24) is 15.0 Å². The smallest absolute Gasteiger partial charge is 0.232 e. The third-order valence-corrected chi connectivity index (χ3v) is 4.11. The summed E-state index contributed by atoms with van der Waals surface area (Å²) in [7, 11) is 0. The molecule has 1 aliphatic carbocycles. The van der Waals surface area contributed by atoms with Crippen molar-refractivity contribution in [2.75, 3.05) is 13.1 Å². The number of benzene rings is 1. The minimum absolute atomic E-state index is 0.210. The summed E-state index contributed by atoms with van der Waals surface area (Å²) in [6.07, 6.45) is 2.29. The second-order valence-electron chi connectivity index (χ2n) is 5.89. The highest BCUT2D eigenvalue weighted by atomic mass is 19.1. The Hall–Kier alpha value is -1.82. The van der Waals surface area contributed by atoms with Crippen molar-refractivity contribution < 1.29 is 13.3 Å². The molecular formula is C15H15F2N3O. The monoisotopic (exact) mass is 291 g/mol. The first-order valence-electron chi connectivity index (χ1n) is 7.19. The molecule has 0 radical (unpaired) electrons. The van der Waals surface area contributed by atoms with E-state index in [1.807, 2.05) is 4.90 Å². The summed E-state index contributed by atoms with van der Waals surface area (Å²) in [5.41, 5.74) is 0.387. The molecule has 1 saturated carbocycles. The van der Waals surface area contributed by atoms with Crippen molar-refractivity contribution >= 4 is 0 Å². The first-order chi connectivity index (χ1) is 10.2. The van der Waals surface area contributed by atoms with E-state index >= 15 is 0 Å². The van der Waals surface area contributed by atoms with Gasteiger partial charge in [-0.3, -0.25) is 4.90 Å². The fourth-order valence-corrected chi connectivity index (χ4v) is 2.68. The van der Waals surface area contributed by atoms with Gasteiger partial charge in [0, 0.05) is 31.1 Å². The van der Waals surface area contributed by atoms with Gasteiger partial charge in [-0.05, 0) is 31.0 Å². The van der Waals surface area contributed by atoms with Crippen molar-refractivity contribution in [3.63, 3.8) is 0 Å². The average molecular weight is 291 g/mol. The molecule has 1 saturated heterocycles. The summed E-state index contributed by atoms with van der Waals surface area (Å²) in [6, 6.07) is 3.55. The molecule has 0 atom stereocenters. The van der Waals surface area contributed by atoms with Crippen LogP contribution in [0.15, 0.2) is 22.7 Å². The molecular weight excluding hydrogens is 276 g/mol. The molecule has 2 aromatic rings. The lowest BCUT2D eigenvalue weighted by Gasteiger charge is -2.37. The maximum absolute atomic E-state index is 13.6. The topological polar surface area (TPSA) is 42.2 Å². The van der Waals surface area contributed by atoms with Gasteiger partial charge in [-0.25, -0.2) is 8.78 Å². The molecule has 0 unspecified atom stereocenters. The average Bonchev–Trinajstić information content (AvgIpc) is 3.16. The molecule has 1 aromatic carbocycles. The maximum Gasteiger partial charge on any atom is 0.232 e. The minimum atomic E-state index is -0.408. The molecule has 0 bridgehead atoms. The van der Waals surface area contributed by atoms with Gasteiger partial charge in [0.1, 0.15) is 11.6 Å². The van der Waals surface area contributed by atoms with Gasteiger partial charge in [0.25, 0.3) is 0 Å². The van der Waals surface area contributed by atoms with Crippen LogP contribution < -0.4 is 0 Å². The van der Waals surface area contributed by atoms with Gasteiger partial charge in [0.15, 0.2) is 5.82 Å². The molecule has 0 N–H and O–H groups in total. The molecule has 0 amide bonds. The van der Waals surface area contributed by atoms with Crippen molar-refractivity contribution in [2.24, 2.45) is 0 Å². The highest BCUT2D eigenvalue weighted by Crippen LogP contribution is 2.39. The number of hydrogen-bond donors (Lipinski definition) is 0. The van der Waals surface area contributed by atoms with Crippen LogP contribution in [0.5, 0.6) is 0 Å². The van der Waals surface area contributed by atoms with Crippen LogP contribution in [0.2, 0.25) is 0 Å². The SMILES string of the molecule is Fc1ccc(F)c(CN2CC(c3nc(C4CC4)no3)C2)c1. The summed E-state index contributed by atoms with van der Waals surface area (Å²) >= 11 is 0. The van der Waals surface area contributed by atoms with E-state index in [-0.39, 0.29) is 11.7 Å². The second kappa shape index (κ2) is 4.87. The van der Waals surface area contributed by atoms with Crippen LogP contribution in [0.1, 0.15) is 42.0 Å². The Kier molecular flexibility index (Phi) is 2.99. The number of likely N-dealkylation sites (tertiary alicyclic amines) is 1. The quantitative estimate of drug-likeness (QED) is 0.868. The third-order valence-electron chi connectivity index (χ3n) is 4.11. The lowest BCUT2D eigenvalue weighted by molar-refractivity contribution is 0.116. The van der Waals surface area contributed by atoms with Crippen LogP contribution >= 0.6 is 0 Å². The Morgan fingerprint density at radius 1 is 1.19 bits per heavy atom. The first kappa shape index (κ1) is 12.9. The molecule has 6 heteroatoms. The first-order valence-corrected chi connectivity index (χ1v) is 7.19. The fraction of sp³-hybridized carbons (Fsp3) is 0.467. The normalized spacial score (nSPS) is 19.7. The van der Waals surface area contributed by atoms with Gasteiger partial charge in [-0.2, -0.15) is 4.98 Å². The van der Waals surface area contributed by atoms with Gasteiger partial charge in [-0.1, -0.05) is 5.16 Å². The molecule has 0 spiro atoms. The van der Waals surface area contributed by atoms with Crippen molar-refractivity contribution in [2.45, 2.75) is 31.2 Å². The number of nitrogens with zero attached hydrogens (tertiary/aromatic N) is 3. The molecule has 21 heavy (non-hydrogen) atoms. The van der Waals surface area contributed by atoms with Gasteiger partial charge >= 0.3 is 0 Å². The van der Waals surface area contributed by atoms with Gasteiger partial charge in [0.05, 0.1) is 5.92 Å². The van der Waals surface area contributed by atoms with Gasteiger partial charge in [0.2, 0.25) is 5.89 Å². The predicted octanol–water partition coefficient (Wildman–Crippen LogP) is 2.82. The van der Waals surface area contributed by atoms with Crippen LogP contribution in [-0.4, -0.2) is 28.1 Å². The maximum atomic E-state index is 13.6. The second-order valence-corrected chi connectivity index (χ2v) is 5.89. The summed E-state index contributed by atoms with van der Waals surface area (Å²) < 4.78 is 32.0. The number of aromatic nitrogens is 2. The number of hydrogen-bond acceptors (Lipinski definition) is 4. The largest absolute Gasteiger partial charge is 0.339 e. The van der Waals surface area contributed by atoms with E-state index in [1.165, 1.54) is 12.1 Å². The van der Waals surface area contributed by atoms with E-state index in [2.05, 4.69) is 10.1 Å². The van der Waals surface area contributed by atoms with Crippen molar-refractivity contribution in [3.8, 4) is 0 Å². The van der Waals surface area contributed by atoms with Crippen LogP contribution in [0.25, 0.3) is 0 Å². The van der Waals surface area contributed by atoms with Crippen LogP contribution in [0.4, 0.5) is 8.78 Å². The van der Waals surface area contributed by atoms with E-state index < -0.39 is 5.82 Å². The molecule has 2 aliphatic rings. The third kappa shape index (κ3) is 2.55. The molecule has 110 valence electrons. The summed E-state index contributed by atoms with van der Waals surface area (Å²) in [5, 5.41) is 4.00. The van der Waals surface area contributed by atoms with E-state index in [4.69, 9.17) is 4.52 Å². The highest BCUT2D eigenvalue weighted by molar-refractivity contribution is 5.19. The summed E-state index contributed by atoms with van der Waals surface area (Å²) in [6.45, 7) is 1.88. The molecule has 4 rings (SSSR count). The lowest BCUT2D eigenvalue weighted by atomic mass is 9.99. The summed E-state index contributed by atoms with van der Waals surface area (Å²) in [4.78, 5) is 6.47. The van der Waals surface area contributed by atoms with Crippen molar-refractivity contribution in [3.05, 3.63) is 47.1 Å². The van der Waals surface area contributed by atoms with E-state index in [0.717, 1.165) is 37.8 Å². The van der Waals surface area contributed by atoms with E-state index in [0.29, 0.717) is 23.9 Å². The van der Waals surface area contributed by atoms with Crippen LogP contribution in [-0.2, 0) is 6.54 Å². The minimum Gasteiger partial charge on any atom is -0.339 e. The Morgan fingerprint density at radius 2 is 2.00 bits per heavy atom. The van der Waals surface area contributed by atoms with E-state index in [9.17, 15) is 8.78 Å². The van der Waals surface area contributed by atoms with Crippen molar-refractivity contribution in [1.29, 1.82) is 0 Å². The standard InChI is InChI=1S/C15H15F2N3O/c16-12-3-4-13(17)10(5-12)6-20-7-11(8-20)15-18-14(19-21-15)9-1-2-9/h3-5,9,11H,1-2,6-8H2. The molecule has 2 fully saturated rings.